The van der Waals surface area contributed by atoms with E-state index in [4.69, 9.17) is 4.74 Å². The van der Waals surface area contributed by atoms with Crippen LogP contribution >= 0.6 is 11.3 Å². The predicted molar refractivity (Wildman–Crippen MR) is 104 cm³/mol. The van der Waals surface area contributed by atoms with Gasteiger partial charge in [-0.2, -0.15) is 5.10 Å². The van der Waals surface area contributed by atoms with Crippen molar-refractivity contribution < 1.29 is 9.53 Å². The number of benzene rings is 1. The number of carbonyl (C=O) groups excluding carboxylic acids is 1. The van der Waals surface area contributed by atoms with Gasteiger partial charge in [-0.05, 0) is 35.7 Å². The van der Waals surface area contributed by atoms with E-state index in [1.54, 1.807) is 11.3 Å². The van der Waals surface area contributed by atoms with Gasteiger partial charge in [0, 0.05) is 28.1 Å². The number of fused-ring (bicyclic) bond motifs is 2. The van der Waals surface area contributed by atoms with Gasteiger partial charge in [0.2, 0.25) is 0 Å². The van der Waals surface area contributed by atoms with E-state index in [2.05, 4.69) is 40.0 Å². The molecule has 0 saturated carbocycles. The van der Waals surface area contributed by atoms with E-state index in [1.807, 2.05) is 25.3 Å². The number of H-pyrrole nitrogens is 1. The van der Waals surface area contributed by atoms with E-state index in [0.29, 0.717) is 12.2 Å². The van der Waals surface area contributed by atoms with E-state index >= 15 is 0 Å². The zero-order chi connectivity index (χ0) is 18.1. The zero-order valence-electron chi connectivity index (χ0n) is 14.8. The largest absolute Gasteiger partial charge is 0.463 e. The minimum atomic E-state index is -0.254. The van der Waals surface area contributed by atoms with Crippen LogP contribution in [-0.4, -0.2) is 22.8 Å². The smallest absolute Gasteiger partial charge is 0.336 e. The molecule has 6 heteroatoms. The van der Waals surface area contributed by atoms with Crippen LogP contribution in [0.5, 0.6) is 0 Å². The normalized spacial score (nSPS) is 16.5. The lowest BCUT2D eigenvalue weighted by atomic mass is 9.82. The van der Waals surface area contributed by atoms with E-state index in [0.717, 1.165) is 35.5 Å². The number of nitrogens with zero attached hydrogens (tertiary/aromatic N) is 1. The summed E-state index contributed by atoms with van der Waals surface area (Å²) in [7, 11) is 0. The lowest BCUT2D eigenvalue weighted by Gasteiger charge is -2.28. The van der Waals surface area contributed by atoms with Crippen LogP contribution in [0.15, 0.2) is 47.1 Å². The van der Waals surface area contributed by atoms with Gasteiger partial charge in [-0.3, -0.25) is 5.10 Å². The minimum absolute atomic E-state index is 0.179. The number of ether oxygens (including phenoxy) is 1. The third kappa shape index (κ3) is 2.70. The first-order valence-corrected chi connectivity index (χ1v) is 9.79. The van der Waals surface area contributed by atoms with Gasteiger partial charge in [-0.25, -0.2) is 4.79 Å². The van der Waals surface area contributed by atoms with Gasteiger partial charge in [0.15, 0.2) is 5.82 Å². The molecule has 0 spiro atoms. The van der Waals surface area contributed by atoms with Crippen molar-refractivity contribution in [2.45, 2.75) is 32.6 Å². The molecule has 26 heavy (non-hydrogen) atoms. The molecule has 4 rings (SSSR count). The number of rotatable bonds is 5. The Hall–Kier alpha value is -2.60. The summed E-state index contributed by atoms with van der Waals surface area (Å²) < 4.78 is 6.64. The van der Waals surface area contributed by atoms with Gasteiger partial charge < -0.3 is 10.1 Å². The molecule has 0 aliphatic carbocycles. The maximum Gasteiger partial charge on any atom is 0.336 e. The Bertz CT molecular complexity index is 986. The molecule has 1 unspecified atom stereocenters. The van der Waals surface area contributed by atoms with Gasteiger partial charge in [0.05, 0.1) is 12.2 Å². The maximum atomic E-state index is 12.9. The number of anilines is 1. The van der Waals surface area contributed by atoms with Crippen molar-refractivity contribution in [1.29, 1.82) is 0 Å². The number of carbonyl (C=O) groups is 1. The van der Waals surface area contributed by atoms with E-state index < -0.39 is 0 Å². The van der Waals surface area contributed by atoms with Gasteiger partial charge in [0.25, 0.3) is 0 Å². The van der Waals surface area contributed by atoms with E-state index in [-0.39, 0.29) is 11.9 Å². The van der Waals surface area contributed by atoms with Crippen LogP contribution in [0.4, 0.5) is 5.82 Å². The summed E-state index contributed by atoms with van der Waals surface area (Å²) in [5.74, 6) is 0.360. The molecular weight excluding hydrogens is 346 g/mol. The summed E-state index contributed by atoms with van der Waals surface area (Å²) in [5.41, 5.74) is 3.72. The number of esters is 1. The molecule has 1 aromatic carbocycles. The zero-order valence-corrected chi connectivity index (χ0v) is 15.7. The highest BCUT2D eigenvalue weighted by Crippen LogP contribution is 2.45. The Morgan fingerprint density at radius 3 is 2.92 bits per heavy atom. The fourth-order valence-electron chi connectivity index (χ4n) is 3.60. The minimum Gasteiger partial charge on any atom is -0.463 e. The molecule has 3 heterocycles. The highest BCUT2D eigenvalue weighted by molar-refractivity contribution is 7.17. The second kappa shape index (κ2) is 6.96. The van der Waals surface area contributed by atoms with E-state index in [1.165, 1.54) is 10.1 Å². The Balaban J connectivity index is 1.94. The fourth-order valence-corrected chi connectivity index (χ4v) is 4.59. The Morgan fingerprint density at radius 1 is 1.27 bits per heavy atom. The molecule has 0 radical (unpaired) electrons. The third-order valence-corrected chi connectivity index (χ3v) is 5.66. The van der Waals surface area contributed by atoms with Crippen LogP contribution < -0.4 is 5.32 Å². The molecule has 0 amide bonds. The second-order valence-corrected chi connectivity index (χ2v) is 7.21. The van der Waals surface area contributed by atoms with Crippen LogP contribution in [0.2, 0.25) is 0 Å². The number of hydrogen-bond acceptors (Lipinski definition) is 5. The van der Waals surface area contributed by atoms with Crippen molar-refractivity contribution in [3.8, 4) is 0 Å². The summed E-state index contributed by atoms with van der Waals surface area (Å²) in [4.78, 5) is 12.9. The number of allylic oxidation sites excluding steroid dienone is 1. The summed E-state index contributed by atoms with van der Waals surface area (Å²) in [6.45, 7) is 4.30. The number of aromatic nitrogens is 2. The fraction of sp³-hybridized carbons (Fsp3) is 0.300. The summed E-state index contributed by atoms with van der Waals surface area (Å²) in [5, 5.41) is 14.0. The highest BCUT2D eigenvalue weighted by atomic mass is 32.1. The van der Waals surface area contributed by atoms with Crippen LogP contribution in [0.25, 0.3) is 10.1 Å². The lowest BCUT2D eigenvalue weighted by molar-refractivity contribution is -0.138. The van der Waals surface area contributed by atoms with Gasteiger partial charge in [-0.1, -0.05) is 31.5 Å². The Kier molecular flexibility index (Phi) is 4.51. The third-order valence-electron chi connectivity index (χ3n) is 4.68. The standard InChI is InChI=1S/C20H21N3O2S/c1-3-7-15-18(20(24)25-4-2)17(13-10-21-23-19(13)22-15)14-11-26-16-9-6-5-8-12(14)16/h5-6,8-11,17H,3-4,7H2,1-2H3,(H2,21,22,23). The molecule has 0 fully saturated rings. The molecule has 1 aliphatic heterocycles. The molecule has 0 saturated heterocycles. The van der Waals surface area contributed by atoms with Crippen LogP contribution in [0, 0.1) is 0 Å². The summed E-state index contributed by atoms with van der Waals surface area (Å²) in [6.07, 6.45) is 3.59. The second-order valence-electron chi connectivity index (χ2n) is 6.30. The SMILES string of the molecule is CCCC1=C(C(=O)OCC)C(c2csc3ccccc23)c2c[nH]nc2N1. The van der Waals surface area contributed by atoms with Crippen molar-refractivity contribution in [3.05, 3.63) is 58.2 Å². The average molecular weight is 367 g/mol. The molecule has 134 valence electrons. The summed E-state index contributed by atoms with van der Waals surface area (Å²) in [6, 6.07) is 8.31. The van der Waals surface area contributed by atoms with Crippen LogP contribution in [0.1, 0.15) is 43.7 Å². The number of aromatic amines is 1. The first kappa shape index (κ1) is 16.8. The Labute approximate surface area is 156 Å². The number of nitrogens with one attached hydrogen (secondary N) is 2. The predicted octanol–water partition coefficient (Wildman–Crippen LogP) is 4.80. The lowest BCUT2D eigenvalue weighted by Crippen LogP contribution is -2.25. The van der Waals surface area contributed by atoms with Crippen LogP contribution in [0.3, 0.4) is 0 Å². The van der Waals surface area contributed by atoms with Crippen molar-refractivity contribution in [1.82, 2.24) is 10.2 Å². The van der Waals surface area contributed by atoms with Crippen molar-refractivity contribution in [3.63, 3.8) is 0 Å². The van der Waals surface area contributed by atoms with Gasteiger partial charge in [0.1, 0.15) is 0 Å². The number of hydrogen-bond donors (Lipinski definition) is 2. The quantitative estimate of drug-likeness (QED) is 0.636. The molecule has 1 atom stereocenters. The maximum absolute atomic E-state index is 12.9. The first-order chi connectivity index (χ1) is 12.7. The Morgan fingerprint density at radius 2 is 2.12 bits per heavy atom. The van der Waals surface area contributed by atoms with Gasteiger partial charge in [-0.15, -0.1) is 11.3 Å². The molecular formula is C20H21N3O2S. The summed E-state index contributed by atoms with van der Waals surface area (Å²) >= 11 is 1.70. The molecule has 1 aliphatic rings. The highest BCUT2D eigenvalue weighted by Gasteiger charge is 2.36. The van der Waals surface area contributed by atoms with Crippen molar-refractivity contribution >= 4 is 33.2 Å². The van der Waals surface area contributed by atoms with E-state index in [9.17, 15) is 4.79 Å². The first-order valence-electron chi connectivity index (χ1n) is 8.91. The monoisotopic (exact) mass is 367 g/mol. The topological polar surface area (TPSA) is 67.0 Å². The van der Waals surface area contributed by atoms with Crippen molar-refractivity contribution in [2.75, 3.05) is 11.9 Å². The molecule has 0 bridgehead atoms. The molecule has 2 N–H and O–H groups in total. The van der Waals surface area contributed by atoms with Gasteiger partial charge >= 0.3 is 5.97 Å². The number of thiophene rings is 1. The van der Waals surface area contributed by atoms with Crippen LogP contribution in [-0.2, 0) is 9.53 Å². The van der Waals surface area contributed by atoms with Crippen molar-refractivity contribution in [2.24, 2.45) is 0 Å². The average Bonchev–Trinajstić information content (AvgIpc) is 3.27. The molecule has 3 aromatic rings. The molecule has 5 nitrogen and oxygen atoms in total. The molecule has 2 aromatic heterocycles.